The second-order valence-electron chi connectivity index (χ2n) is 5.92. The lowest BCUT2D eigenvalue weighted by Gasteiger charge is -2.22. The van der Waals surface area contributed by atoms with Gasteiger partial charge in [0.1, 0.15) is 5.82 Å². The standard InChI is InChI=1S/C20H26FN3O3.HI/c1-22-20(24(2)13-14-7-6-8-16(21)9-14)23-12-15-10-17(25-3)19(27-5)18(11-15)26-4;/h6-11H,12-13H2,1-5H3,(H,22,23);1H. The minimum Gasteiger partial charge on any atom is -0.493 e. The van der Waals surface area contributed by atoms with Crippen LogP contribution in [0.5, 0.6) is 17.2 Å². The maximum atomic E-state index is 13.4. The van der Waals surface area contributed by atoms with Crippen LogP contribution in [0.4, 0.5) is 4.39 Å². The molecule has 0 spiro atoms. The number of aliphatic imine (C=N–C) groups is 1. The molecule has 6 nitrogen and oxygen atoms in total. The molecule has 8 heteroatoms. The number of hydrogen-bond donors (Lipinski definition) is 1. The lowest BCUT2D eigenvalue weighted by molar-refractivity contribution is 0.323. The first-order valence-electron chi connectivity index (χ1n) is 8.47. The average Bonchev–Trinajstić information content (AvgIpc) is 2.67. The molecular weight excluding hydrogens is 476 g/mol. The number of benzene rings is 2. The van der Waals surface area contributed by atoms with Crippen LogP contribution < -0.4 is 19.5 Å². The first kappa shape index (κ1) is 23.8. The van der Waals surface area contributed by atoms with Gasteiger partial charge in [-0.1, -0.05) is 12.1 Å². The second kappa shape index (κ2) is 11.6. The number of nitrogens with zero attached hydrogens (tertiary/aromatic N) is 2. The quantitative estimate of drug-likeness (QED) is 0.355. The lowest BCUT2D eigenvalue weighted by Crippen LogP contribution is -2.38. The van der Waals surface area contributed by atoms with Gasteiger partial charge in [-0.2, -0.15) is 0 Å². The SMILES string of the molecule is CN=C(NCc1cc(OC)c(OC)c(OC)c1)N(C)Cc1cccc(F)c1.I. The molecule has 0 aliphatic rings. The Balaban J connectivity index is 0.00000392. The Morgan fingerprint density at radius 3 is 2.18 bits per heavy atom. The van der Waals surface area contributed by atoms with Crippen molar-refractivity contribution in [2.75, 3.05) is 35.4 Å². The summed E-state index contributed by atoms with van der Waals surface area (Å²) < 4.78 is 29.5. The van der Waals surface area contributed by atoms with Gasteiger partial charge < -0.3 is 24.4 Å². The first-order chi connectivity index (χ1) is 13.0. The third-order valence-corrected chi connectivity index (χ3v) is 4.06. The molecule has 0 fully saturated rings. The summed E-state index contributed by atoms with van der Waals surface area (Å²) in [5.41, 5.74) is 1.82. The van der Waals surface area contributed by atoms with Crippen molar-refractivity contribution >= 4 is 29.9 Å². The largest absolute Gasteiger partial charge is 0.493 e. The van der Waals surface area contributed by atoms with E-state index in [2.05, 4.69) is 10.3 Å². The normalized spacial score (nSPS) is 10.7. The van der Waals surface area contributed by atoms with Crippen LogP contribution in [-0.4, -0.2) is 46.3 Å². The molecule has 28 heavy (non-hydrogen) atoms. The number of hydrogen-bond acceptors (Lipinski definition) is 4. The first-order valence-corrected chi connectivity index (χ1v) is 8.47. The molecule has 0 saturated heterocycles. The second-order valence-corrected chi connectivity index (χ2v) is 5.92. The molecular formula is C20H27FIN3O3. The van der Waals surface area contributed by atoms with Gasteiger partial charge in [-0.05, 0) is 35.4 Å². The number of methoxy groups -OCH3 is 3. The van der Waals surface area contributed by atoms with E-state index in [1.54, 1.807) is 34.4 Å². The van der Waals surface area contributed by atoms with Crippen molar-refractivity contribution in [1.29, 1.82) is 0 Å². The number of guanidine groups is 1. The van der Waals surface area contributed by atoms with Gasteiger partial charge in [0.05, 0.1) is 21.3 Å². The molecule has 0 aliphatic heterocycles. The van der Waals surface area contributed by atoms with Crippen molar-refractivity contribution in [3.63, 3.8) is 0 Å². The highest BCUT2D eigenvalue weighted by molar-refractivity contribution is 14.0. The molecule has 0 aliphatic carbocycles. The minimum absolute atomic E-state index is 0. The highest BCUT2D eigenvalue weighted by atomic mass is 127. The maximum Gasteiger partial charge on any atom is 0.203 e. The fourth-order valence-electron chi connectivity index (χ4n) is 2.79. The summed E-state index contributed by atoms with van der Waals surface area (Å²) in [6.45, 7) is 1.05. The van der Waals surface area contributed by atoms with Gasteiger partial charge in [0.15, 0.2) is 17.5 Å². The highest BCUT2D eigenvalue weighted by Gasteiger charge is 2.14. The highest BCUT2D eigenvalue weighted by Crippen LogP contribution is 2.38. The number of rotatable bonds is 7. The summed E-state index contributed by atoms with van der Waals surface area (Å²) in [5.74, 6) is 2.18. The van der Waals surface area contributed by atoms with E-state index in [-0.39, 0.29) is 29.8 Å². The van der Waals surface area contributed by atoms with E-state index in [4.69, 9.17) is 14.2 Å². The van der Waals surface area contributed by atoms with Gasteiger partial charge in [-0.15, -0.1) is 24.0 Å². The van der Waals surface area contributed by atoms with Crippen LogP contribution in [0.1, 0.15) is 11.1 Å². The van der Waals surface area contributed by atoms with Crippen LogP contribution in [0.3, 0.4) is 0 Å². The minimum atomic E-state index is -0.249. The van der Waals surface area contributed by atoms with Gasteiger partial charge in [0, 0.05) is 27.2 Å². The third kappa shape index (κ3) is 6.15. The predicted molar refractivity (Wildman–Crippen MR) is 120 cm³/mol. The molecule has 0 saturated carbocycles. The summed E-state index contributed by atoms with van der Waals surface area (Å²) in [6, 6.07) is 10.3. The summed E-state index contributed by atoms with van der Waals surface area (Å²) >= 11 is 0. The topological polar surface area (TPSA) is 55.3 Å². The molecule has 0 radical (unpaired) electrons. The summed E-state index contributed by atoms with van der Waals surface area (Å²) in [6.07, 6.45) is 0. The molecule has 0 heterocycles. The zero-order valence-corrected chi connectivity index (χ0v) is 19.1. The van der Waals surface area contributed by atoms with E-state index in [0.717, 1.165) is 11.1 Å². The molecule has 0 unspecified atom stereocenters. The van der Waals surface area contributed by atoms with E-state index in [0.29, 0.717) is 36.3 Å². The fraction of sp³-hybridized carbons (Fsp3) is 0.350. The van der Waals surface area contributed by atoms with Gasteiger partial charge in [0.2, 0.25) is 5.75 Å². The molecule has 2 aromatic rings. The van der Waals surface area contributed by atoms with Crippen molar-refractivity contribution in [2.24, 2.45) is 4.99 Å². The molecule has 1 N–H and O–H groups in total. The molecule has 2 aromatic carbocycles. The molecule has 2 rings (SSSR count). The van der Waals surface area contributed by atoms with Crippen LogP contribution in [0, 0.1) is 5.82 Å². The van der Waals surface area contributed by atoms with Gasteiger partial charge >= 0.3 is 0 Å². The Kier molecular flexibility index (Phi) is 9.84. The summed E-state index contributed by atoms with van der Waals surface area (Å²) in [7, 11) is 8.34. The van der Waals surface area contributed by atoms with Crippen molar-refractivity contribution in [3.05, 3.63) is 53.3 Å². The van der Waals surface area contributed by atoms with Crippen molar-refractivity contribution in [2.45, 2.75) is 13.1 Å². The smallest absolute Gasteiger partial charge is 0.203 e. The van der Waals surface area contributed by atoms with Crippen LogP contribution in [0.2, 0.25) is 0 Å². The number of halogens is 2. The maximum absolute atomic E-state index is 13.4. The Morgan fingerprint density at radius 2 is 1.68 bits per heavy atom. The van der Waals surface area contributed by atoms with Gasteiger partial charge in [-0.3, -0.25) is 4.99 Å². The summed E-state index contributed by atoms with van der Waals surface area (Å²) in [4.78, 5) is 6.21. The molecule has 0 amide bonds. The van der Waals surface area contributed by atoms with Crippen molar-refractivity contribution in [3.8, 4) is 17.2 Å². The Hall–Kier alpha value is -2.23. The van der Waals surface area contributed by atoms with E-state index in [1.807, 2.05) is 30.1 Å². The number of nitrogens with one attached hydrogen (secondary N) is 1. The molecule has 0 atom stereocenters. The average molecular weight is 503 g/mol. The van der Waals surface area contributed by atoms with E-state index < -0.39 is 0 Å². The fourth-order valence-corrected chi connectivity index (χ4v) is 2.79. The van der Waals surface area contributed by atoms with Crippen molar-refractivity contribution < 1.29 is 18.6 Å². The van der Waals surface area contributed by atoms with Crippen LogP contribution in [0.25, 0.3) is 0 Å². The van der Waals surface area contributed by atoms with Crippen LogP contribution >= 0.6 is 24.0 Å². The molecule has 154 valence electrons. The Labute approximate surface area is 182 Å². The van der Waals surface area contributed by atoms with Crippen molar-refractivity contribution in [1.82, 2.24) is 10.2 Å². The lowest BCUT2D eigenvalue weighted by atomic mass is 10.1. The van der Waals surface area contributed by atoms with E-state index >= 15 is 0 Å². The van der Waals surface area contributed by atoms with E-state index in [9.17, 15) is 4.39 Å². The zero-order chi connectivity index (χ0) is 19.8. The molecule has 0 aromatic heterocycles. The van der Waals surface area contributed by atoms with Crippen LogP contribution in [-0.2, 0) is 13.1 Å². The van der Waals surface area contributed by atoms with Gasteiger partial charge in [-0.25, -0.2) is 4.39 Å². The monoisotopic (exact) mass is 503 g/mol. The van der Waals surface area contributed by atoms with Gasteiger partial charge in [0.25, 0.3) is 0 Å². The summed E-state index contributed by atoms with van der Waals surface area (Å²) in [5, 5.41) is 3.29. The molecule has 0 bridgehead atoms. The Morgan fingerprint density at radius 1 is 1.04 bits per heavy atom. The number of ether oxygens (including phenoxy) is 3. The zero-order valence-electron chi connectivity index (χ0n) is 16.8. The van der Waals surface area contributed by atoms with E-state index in [1.165, 1.54) is 12.1 Å². The Bertz CT molecular complexity index is 777. The van der Waals surface area contributed by atoms with Crippen LogP contribution in [0.15, 0.2) is 41.4 Å². The third-order valence-electron chi connectivity index (χ3n) is 4.06. The predicted octanol–water partition coefficient (Wildman–Crippen LogP) is 3.68.